The molecule has 1 aliphatic heterocycles. The van der Waals surface area contributed by atoms with E-state index in [2.05, 4.69) is 9.88 Å². The molecule has 1 amide bonds. The molecule has 1 aromatic carbocycles. The minimum Gasteiger partial charge on any atom is -0.495 e. The van der Waals surface area contributed by atoms with Crippen molar-refractivity contribution >= 4 is 11.6 Å². The molecule has 0 N–H and O–H groups in total. The number of aryl methyl sites for hydroxylation is 1. The first-order valence-corrected chi connectivity index (χ1v) is 8.65. The first kappa shape index (κ1) is 17.3. The van der Waals surface area contributed by atoms with Gasteiger partial charge in [0.05, 0.1) is 18.5 Å². The van der Waals surface area contributed by atoms with Crippen molar-refractivity contribution in [2.75, 3.05) is 38.2 Å². The van der Waals surface area contributed by atoms with Gasteiger partial charge in [0, 0.05) is 33.1 Å². The summed E-state index contributed by atoms with van der Waals surface area (Å²) in [5, 5.41) is 0. The van der Waals surface area contributed by atoms with Crippen molar-refractivity contribution < 1.29 is 13.9 Å². The Hall–Kier alpha value is -2.50. The summed E-state index contributed by atoms with van der Waals surface area (Å²) in [5.74, 6) is 1.88. The maximum Gasteiger partial charge on any atom is 0.291 e. The van der Waals surface area contributed by atoms with Crippen LogP contribution in [0.2, 0.25) is 0 Å². The van der Waals surface area contributed by atoms with Gasteiger partial charge in [0.15, 0.2) is 5.89 Å². The molecule has 1 saturated heterocycles. The number of hydrogen-bond acceptors (Lipinski definition) is 5. The van der Waals surface area contributed by atoms with E-state index in [9.17, 15) is 4.79 Å². The number of nitrogens with zero attached hydrogens (tertiary/aromatic N) is 3. The molecule has 1 aromatic heterocycles. The van der Waals surface area contributed by atoms with Crippen molar-refractivity contribution in [3.05, 3.63) is 41.6 Å². The van der Waals surface area contributed by atoms with Crippen molar-refractivity contribution in [1.29, 1.82) is 0 Å². The SMILES string of the molecule is COc1ccccc1N1CCN(C(=O)c2oc(C)nc2C(C)C)CC1. The van der Waals surface area contributed by atoms with Gasteiger partial charge < -0.3 is 19.0 Å². The molecule has 0 spiro atoms. The molecule has 134 valence electrons. The summed E-state index contributed by atoms with van der Waals surface area (Å²) in [7, 11) is 1.68. The second kappa shape index (κ2) is 7.17. The van der Waals surface area contributed by atoms with Gasteiger partial charge in [-0.1, -0.05) is 26.0 Å². The van der Waals surface area contributed by atoms with Gasteiger partial charge in [-0.25, -0.2) is 4.98 Å². The van der Waals surface area contributed by atoms with Crippen LogP contribution in [0.25, 0.3) is 0 Å². The Bertz CT molecular complexity index is 746. The second-order valence-corrected chi connectivity index (χ2v) is 6.55. The average Bonchev–Trinajstić information content (AvgIpc) is 3.03. The molecule has 3 rings (SSSR count). The number of aromatic nitrogens is 1. The molecule has 0 atom stereocenters. The lowest BCUT2D eigenvalue weighted by Crippen LogP contribution is -2.49. The van der Waals surface area contributed by atoms with Crippen LogP contribution in [0.15, 0.2) is 28.7 Å². The number of oxazole rings is 1. The number of anilines is 1. The lowest BCUT2D eigenvalue weighted by Gasteiger charge is -2.36. The number of hydrogen-bond donors (Lipinski definition) is 0. The zero-order valence-electron chi connectivity index (χ0n) is 15.3. The summed E-state index contributed by atoms with van der Waals surface area (Å²) in [6, 6.07) is 7.97. The van der Waals surface area contributed by atoms with E-state index in [-0.39, 0.29) is 11.8 Å². The number of carbonyl (C=O) groups is 1. The molecule has 6 nitrogen and oxygen atoms in total. The van der Waals surface area contributed by atoms with Crippen molar-refractivity contribution in [3.63, 3.8) is 0 Å². The van der Waals surface area contributed by atoms with Crippen molar-refractivity contribution in [2.24, 2.45) is 0 Å². The van der Waals surface area contributed by atoms with Gasteiger partial charge in [-0.05, 0) is 18.1 Å². The molecule has 2 aromatic rings. The highest BCUT2D eigenvalue weighted by Crippen LogP contribution is 2.29. The van der Waals surface area contributed by atoms with Crippen LogP contribution in [0.4, 0.5) is 5.69 Å². The molecule has 0 radical (unpaired) electrons. The number of para-hydroxylation sites is 2. The largest absolute Gasteiger partial charge is 0.495 e. The summed E-state index contributed by atoms with van der Waals surface area (Å²) in [4.78, 5) is 21.3. The summed E-state index contributed by atoms with van der Waals surface area (Å²) < 4.78 is 11.0. The Morgan fingerprint density at radius 1 is 1.20 bits per heavy atom. The third kappa shape index (κ3) is 3.48. The maximum atomic E-state index is 12.9. The smallest absolute Gasteiger partial charge is 0.291 e. The first-order valence-electron chi connectivity index (χ1n) is 8.65. The summed E-state index contributed by atoms with van der Waals surface area (Å²) in [6.07, 6.45) is 0. The van der Waals surface area contributed by atoms with E-state index < -0.39 is 0 Å². The van der Waals surface area contributed by atoms with Gasteiger partial charge in [0.2, 0.25) is 5.76 Å². The predicted molar refractivity (Wildman–Crippen MR) is 96.4 cm³/mol. The number of carbonyl (C=O) groups excluding carboxylic acids is 1. The number of piperazine rings is 1. The van der Waals surface area contributed by atoms with E-state index in [1.54, 1.807) is 14.0 Å². The van der Waals surface area contributed by atoms with E-state index >= 15 is 0 Å². The highest BCUT2D eigenvalue weighted by molar-refractivity contribution is 5.93. The summed E-state index contributed by atoms with van der Waals surface area (Å²) in [6.45, 7) is 8.64. The van der Waals surface area contributed by atoms with Crippen LogP contribution in [0.1, 0.15) is 41.9 Å². The monoisotopic (exact) mass is 343 g/mol. The number of rotatable bonds is 4. The standard InChI is InChI=1S/C19H25N3O3/c1-13(2)17-18(25-14(3)20-17)19(23)22-11-9-21(10-12-22)15-7-5-6-8-16(15)24-4/h5-8,13H,9-12H2,1-4H3. The maximum absolute atomic E-state index is 12.9. The van der Waals surface area contributed by atoms with E-state index in [4.69, 9.17) is 9.15 Å². The van der Waals surface area contributed by atoms with E-state index in [0.717, 1.165) is 30.2 Å². The number of methoxy groups -OCH3 is 1. The zero-order valence-corrected chi connectivity index (χ0v) is 15.3. The molecule has 0 saturated carbocycles. The van der Waals surface area contributed by atoms with Gasteiger partial charge >= 0.3 is 0 Å². The molecule has 1 aliphatic rings. The topological polar surface area (TPSA) is 58.8 Å². The second-order valence-electron chi connectivity index (χ2n) is 6.55. The molecular formula is C19H25N3O3. The van der Waals surface area contributed by atoms with Crippen molar-refractivity contribution in [3.8, 4) is 5.75 Å². The Morgan fingerprint density at radius 3 is 2.52 bits per heavy atom. The molecular weight excluding hydrogens is 318 g/mol. The predicted octanol–water partition coefficient (Wildman–Crippen LogP) is 3.08. The third-order valence-electron chi connectivity index (χ3n) is 4.49. The van der Waals surface area contributed by atoms with Gasteiger partial charge in [-0.3, -0.25) is 4.79 Å². The molecule has 2 heterocycles. The minimum atomic E-state index is -0.0658. The highest BCUT2D eigenvalue weighted by Gasteiger charge is 2.29. The van der Waals surface area contributed by atoms with Crippen LogP contribution in [0.3, 0.4) is 0 Å². The first-order chi connectivity index (χ1) is 12.0. The molecule has 0 bridgehead atoms. The van der Waals surface area contributed by atoms with Gasteiger partial charge in [0.1, 0.15) is 5.75 Å². The Kier molecular flexibility index (Phi) is 4.97. The quantitative estimate of drug-likeness (QED) is 0.854. The number of amides is 1. The van der Waals surface area contributed by atoms with E-state index in [1.807, 2.05) is 43.0 Å². The number of ether oxygens (including phenoxy) is 1. The van der Waals surface area contributed by atoms with Crippen LogP contribution in [0.5, 0.6) is 5.75 Å². The fourth-order valence-corrected chi connectivity index (χ4v) is 3.17. The fraction of sp³-hybridized carbons (Fsp3) is 0.474. The van der Waals surface area contributed by atoms with E-state index in [0.29, 0.717) is 24.7 Å². The molecule has 25 heavy (non-hydrogen) atoms. The van der Waals surface area contributed by atoms with Gasteiger partial charge in [-0.2, -0.15) is 0 Å². The minimum absolute atomic E-state index is 0.0658. The Morgan fingerprint density at radius 2 is 1.88 bits per heavy atom. The van der Waals surface area contributed by atoms with Crippen molar-refractivity contribution in [2.45, 2.75) is 26.7 Å². The molecule has 6 heteroatoms. The third-order valence-corrected chi connectivity index (χ3v) is 4.49. The molecule has 0 aliphatic carbocycles. The number of benzene rings is 1. The van der Waals surface area contributed by atoms with Crippen LogP contribution in [-0.4, -0.2) is 49.1 Å². The van der Waals surface area contributed by atoms with E-state index in [1.165, 1.54) is 0 Å². The fourth-order valence-electron chi connectivity index (χ4n) is 3.17. The molecule has 0 unspecified atom stereocenters. The van der Waals surface area contributed by atoms with Crippen LogP contribution in [-0.2, 0) is 0 Å². The Labute approximate surface area is 148 Å². The molecule has 1 fully saturated rings. The normalized spacial score (nSPS) is 14.9. The Balaban J connectivity index is 1.71. The summed E-state index contributed by atoms with van der Waals surface area (Å²) >= 11 is 0. The van der Waals surface area contributed by atoms with Crippen molar-refractivity contribution in [1.82, 2.24) is 9.88 Å². The zero-order chi connectivity index (χ0) is 18.0. The van der Waals surface area contributed by atoms with Gasteiger partial charge in [0.25, 0.3) is 5.91 Å². The van der Waals surface area contributed by atoms with Crippen LogP contribution >= 0.6 is 0 Å². The lowest BCUT2D eigenvalue weighted by atomic mass is 10.1. The van der Waals surface area contributed by atoms with Crippen LogP contribution in [0, 0.1) is 6.92 Å². The van der Waals surface area contributed by atoms with Gasteiger partial charge in [-0.15, -0.1) is 0 Å². The van der Waals surface area contributed by atoms with Crippen LogP contribution < -0.4 is 9.64 Å². The lowest BCUT2D eigenvalue weighted by molar-refractivity contribution is 0.0711. The highest BCUT2D eigenvalue weighted by atomic mass is 16.5. The summed E-state index contributed by atoms with van der Waals surface area (Å²) in [5.41, 5.74) is 1.81. The average molecular weight is 343 g/mol.